The van der Waals surface area contributed by atoms with Gasteiger partial charge < -0.3 is 20.3 Å². The number of carbonyl (C=O) groups excluding carboxylic acids is 2. The van der Waals surface area contributed by atoms with Crippen LogP contribution in [0.1, 0.15) is 51.0 Å². The summed E-state index contributed by atoms with van der Waals surface area (Å²) in [5.41, 5.74) is 2.82. The second-order valence-electron chi connectivity index (χ2n) is 8.68. The molecule has 0 bridgehead atoms. The normalized spacial score (nSPS) is 16.5. The summed E-state index contributed by atoms with van der Waals surface area (Å²) in [5.74, 6) is 0.775. The van der Waals surface area contributed by atoms with Gasteiger partial charge in [0.1, 0.15) is 6.10 Å². The van der Waals surface area contributed by atoms with Crippen molar-refractivity contribution >= 4 is 23.3 Å². The van der Waals surface area contributed by atoms with Gasteiger partial charge in [0.05, 0.1) is 11.9 Å². The standard InChI is InChI=1S/C25H32N4O3/c1-2-3-4-18-5-9-20(10-6-18)28-25(31)29-15-13-22(14-16-29)32-23-12-11-21(17-26-23)27-24(30)19-7-8-19/h5-6,9-12,17,19,22H,2-4,7-8,13-16H2,1H3,(H,27,30)(H,28,31). The van der Waals surface area contributed by atoms with Crippen molar-refractivity contribution in [2.24, 2.45) is 5.92 Å². The second kappa shape index (κ2) is 10.5. The lowest BCUT2D eigenvalue weighted by molar-refractivity contribution is -0.117. The number of hydrogen-bond donors (Lipinski definition) is 2. The van der Waals surface area contributed by atoms with Gasteiger partial charge in [-0.1, -0.05) is 25.5 Å². The fourth-order valence-corrected chi connectivity index (χ4v) is 3.80. The molecule has 1 aliphatic carbocycles. The second-order valence-corrected chi connectivity index (χ2v) is 8.68. The Morgan fingerprint density at radius 2 is 1.72 bits per heavy atom. The topological polar surface area (TPSA) is 83.6 Å². The third kappa shape index (κ3) is 6.22. The van der Waals surface area contributed by atoms with Crippen LogP contribution in [0.3, 0.4) is 0 Å². The van der Waals surface area contributed by atoms with E-state index in [1.807, 2.05) is 23.1 Å². The third-order valence-corrected chi connectivity index (χ3v) is 5.99. The summed E-state index contributed by atoms with van der Waals surface area (Å²) >= 11 is 0. The SMILES string of the molecule is CCCCc1ccc(NC(=O)N2CCC(Oc3ccc(NC(=O)C4CC4)cn3)CC2)cc1. The molecule has 0 atom stereocenters. The maximum Gasteiger partial charge on any atom is 0.321 e. The molecule has 1 saturated heterocycles. The Hall–Kier alpha value is -3.09. The Kier molecular flexibility index (Phi) is 7.24. The van der Waals surface area contributed by atoms with Gasteiger partial charge in [-0.2, -0.15) is 0 Å². The molecule has 1 aliphatic heterocycles. The molecule has 1 saturated carbocycles. The van der Waals surface area contributed by atoms with Crippen molar-refractivity contribution in [2.75, 3.05) is 23.7 Å². The first kappa shape index (κ1) is 22.1. The van der Waals surface area contributed by atoms with Crippen LogP contribution in [0.4, 0.5) is 16.2 Å². The van der Waals surface area contributed by atoms with E-state index in [2.05, 4.69) is 34.7 Å². The quantitative estimate of drug-likeness (QED) is 0.620. The predicted octanol–water partition coefficient (Wildman–Crippen LogP) is 4.85. The number of urea groups is 1. The fourth-order valence-electron chi connectivity index (χ4n) is 3.80. The summed E-state index contributed by atoms with van der Waals surface area (Å²) in [6.07, 6.45) is 8.55. The van der Waals surface area contributed by atoms with Gasteiger partial charge in [-0.15, -0.1) is 0 Å². The molecule has 0 unspecified atom stereocenters. The number of nitrogens with one attached hydrogen (secondary N) is 2. The van der Waals surface area contributed by atoms with Crippen LogP contribution in [-0.4, -0.2) is 41.0 Å². The lowest BCUT2D eigenvalue weighted by atomic mass is 10.1. The highest BCUT2D eigenvalue weighted by Gasteiger charge is 2.29. The summed E-state index contributed by atoms with van der Waals surface area (Å²) in [5, 5.41) is 5.87. The number of hydrogen-bond acceptors (Lipinski definition) is 4. The van der Waals surface area contributed by atoms with E-state index in [0.29, 0.717) is 24.7 Å². The largest absolute Gasteiger partial charge is 0.474 e. The molecule has 2 heterocycles. The van der Waals surface area contributed by atoms with Crippen molar-refractivity contribution in [1.29, 1.82) is 0 Å². The number of ether oxygens (including phenoxy) is 1. The average molecular weight is 437 g/mol. The Morgan fingerprint density at radius 1 is 1.00 bits per heavy atom. The van der Waals surface area contributed by atoms with Crippen molar-refractivity contribution in [2.45, 2.75) is 58.0 Å². The molecule has 2 aromatic rings. The van der Waals surface area contributed by atoms with Crippen LogP contribution < -0.4 is 15.4 Å². The maximum atomic E-state index is 12.6. The summed E-state index contributed by atoms with van der Waals surface area (Å²) in [7, 11) is 0. The zero-order valence-corrected chi connectivity index (χ0v) is 18.7. The van der Waals surface area contributed by atoms with Crippen LogP contribution in [-0.2, 0) is 11.2 Å². The van der Waals surface area contributed by atoms with Crippen LogP contribution in [0.25, 0.3) is 0 Å². The number of aryl methyl sites for hydroxylation is 1. The number of carbonyl (C=O) groups is 2. The van der Waals surface area contributed by atoms with Crippen molar-refractivity contribution in [3.8, 4) is 5.88 Å². The zero-order chi connectivity index (χ0) is 22.3. The number of benzene rings is 1. The predicted molar refractivity (Wildman–Crippen MR) is 125 cm³/mol. The molecule has 0 spiro atoms. The highest BCUT2D eigenvalue weighted by molar-refractivity contribution is 5.93. The van der Waals surface area contributed by atoms with Gasteiger partial charge in [-0.3, -0.25) is 4.79 Å². The number of amides is 3. The van der Waals surface area contributed by atoms with Crippen LogP contribution in [0.5, 0.6) is 5.88 Å². The lowest BCUT2D eigenvalue weighted by Gasteiger charge is -2.32. The van der Waals surface area contributed by atoms with Crippen molar-refractivity contribution < 1.29 is 14.3 Å². The minimum absolute atomic E-state index is 0.0244. The smallest absolute Gasteiger partial charge is 0.321 e. The van der Waals surface area contributed by atoms with Crippen molar-refractivity contribution in [3.05, 3.63) is 48.2 Å². The zero-order valence-electron chi connectivity index (χ0n) is 18.7. The van der Waals surface area contributed by atoms with Gasteiger partial charge in [-0.05, 0) is 49.4 Å². The average Bonchev–Trinajstić information content (AvgIpc) is 3.66. The van der Waals surface area contributed by atoms with Gasteiger partial charge in [-0.25, -0.2) is 9.78 Å². The third-order valence-electron chi connectivity index (χ3n) is 5.99. The Morgan fingerprint density at radius 3 is 2.34 bits per heavy atom. The van der Waals surface area contributed by atoms with E-state index in [1.165, 1.54) is 18.4 Å². The molecule has 2 fully saturated rings. The van der Waals surface area contributed by atoms with Gasteiger partial charge in [0.2, 0.25) is 11.8 Å². The maximum absolute atomic E-state index is 12.6. The van der Waals surface area contributed by atoms with Crippen molar-refractivity contribution in [1.82, 2.24) is 9.88 Å². The number of likely N-dealkylation sites (tertiary alicyclic amines) is 1. The van der Waals surface area contributed by atoms with E-state index in [9.17, 15) is 9.59 Å². The number of piperidine rings is 1. The Labute approximate surface area is 189 Å². The molecule has 170 valence electrons. The van der Waals surface area contributed by atoms with E-state index in [0.717, 1.165) is 37.8 Å². The monoisotopic (exact) mass is 436 g/mol. The van der Waals surface area contributed by atoms with E-state index in [4.69, 9.17) is 4.74 Å². The molecule has 2 N–H and O–H groups in total. The first-order valence-electron chi connectivity index (χ1n) is 11.7. The molecule has 4 rings (SSSR count). The van der Waals surface area contributed by atoms with E-state index < -0.39 is 0 Å². The van der Waals surface area contributed by atoms with Crippen molar-refractivity contribution in [3.63, 3.8) is 0 Å². The highest BCUT2D eigenvalue weighted by atomic mass is 16.5. The number of unbranched alkanes of at least 4 members (excludes halogenated alkanes) is 1. The highest BCUT2D eigenvalue weighted by Crippen LogP contribution is 2.30. The van der Waals surface area contributed by atoms with Crippen LogP contribution in [0, 0.1) is 5.92 Å². The number of pyridine rings is 1. The van der Waals surface area contributed by atoms with Gasteiger partial charge in [0.15, 0.2) is 0 Å². The number of anilines is 2. The van der Waals surface area contributed by atoms with E-state index in [1.54, 1.807) is 12.3 Å². The summed E-state index contributed by atoms with van der Waals surface area (Å²) in [4.78, 5) is 30.6. The summed E-state index contributed by atoms with van der Waals surface area (Å²) < 4.78 is 5.98. The minimum Gasteiger partial charge on any atom is -0.474 e. The molecule has 7 heteroatoms. The molecule has 2 aliphatic rings. The Bertz CT molecular complexity index is 902. The molecule has 7 nitrogen and oxygen atoms in total. The van der Waals surface area contributed by atoms with E-state index in [-0.39, 0.29) is 24.0 Å². The van der Waals surface area contributed by atoms with Gasteiger partial charge >= 0.3 is 6.03 Å². The molecule has 0 radical (unpaired) electrons. The fraction of sp³-hybridized carbons (Fsp3) is 0.480. The summed E-state index contributed by atoms with van der Waals surface area (Å²) in [6, 6.07) is 11.6. The number of nitrogens with zero attached hydrogens (tertiary/aromatic N) is 2. The molecular formula is C25H32N4O3. The van der Waals surface area contributed by atoms with Crippen LogP contribution in [0.15, 0.2) is 42.6 Å². The first-order valence-corrected chi connectivity index (χ1v) is 11.7. The van der Waals surface area contributed by atoms with Crippen LogP contribution >= 0.6 is 0 Å². The number of rotatable bonds is 8. The van der Waals surface area contributed by atoms with Gasteiger partial charge in [0, 0.05) is 43.6 Å². The summed E-state index contributed by atoms with van der Waals surface area (Å²) in [6.45, 7) is 3.47. The Balaban J connectivity index is 1.19. The molecular weight excluding hydrogens is 404 g/mol. The molecule has 3 amide bonds. The molecule has 32 heavy (non-hydrogen) atoms. The lowest BCUT2D eigenvalue weighted by Crippen LogP contribution is -2.43. The molecule has 1 aromatic carbocycles. The number of aromatic nitrogens is 1. The minimum atomic E-state index is -0.0707. The van der Waals surface area contributed by atoms with Crippen LogP contribution in [0.2, 0.25) is 0 Å². The van der Waals surface area contributed by atoms with E-state index >= 15 is 0 Å². The first-order chi connectivity index (χ1) is 15.6. The van der Waals surface area contributed by atoms with Gasteiger partial charge in [0.25, 0.3) is 0 Å². The molecule has 1 aromatic heterocycles.